The number of benzene rings is 1. The average molecular weight is 591 g/mol. The van der Waals surface area contributed by atoms with Gasteiger partial charge in [0.05, 0.1) is 13.7 Å². The van der Waals surface area contributed by atoms with Gasteiger partial charge in [-0.3, -0.25) is 0 Å². The predicted molar refractivity (Wildman–Crippen MR) is 175 cm³/mol. The summed E-state index contributed by atoms with van der Waals surface area (Å²) in [6.45, 7) is 14.9. The Hall–Kier alpha value is -2.07. The zero-order valence-corrected chi connectivity index (χ0v) is 28.0. The molecule has 5 rings (SSSR count). The van der Waals surface area contributed by atoms with Crippen molar-refractivity contribution in [1.82, 2.24) is 0 Å². The van der Waals surface area contributed by atoms with Gasteiger partial charge in [0.2, 0.25) is 0 Å². The van der Waals surface area contributed by atoms with Crippen LogP contribution in [0.3, 0.4) is 0 Å². The van der Waals surface area contributed by atoms with Gasteiger partial charge in [-0.2, -0.15) is 0 Å². The highest BCUT2D eigenvalue weighted by molar-refractivity contribution is 5.87. The first-order valence-electron chi connectivity index (χ1n) is 17.4. The lowest BCUT2D eigenvalue weighted by Crippen LogP contribution is -2.51. The van der Waals surface area contributed by atoms with Gasteiger partial charge in [-0.25, -0.2) is 4.79 Å². The highest BCUT2D eigenvalue weighted by Crippen LogP contribution is 2.67. The predicted octanol–water partition coefficient (Wildman–Crippen LogP) is 9.40. The van der Waals surface area contributed by atoms with Gasteiger partial charge in [0, 0.05) is 18.1 Å². The SMILES string of the molecule is COc1ccc(C=CC(=O)OC2CCC3(C)C(=CCC4C3CCC3(C)C(C(C)CCC(C)C(C)C)CCC43)C2)cc1CO. The maximum atomic E-state index is 12.8. The molecule has 4 heteroatoms. The van der Waals surface area contributed by atoms with E-state index in [-0.39, 0.29) is 24.1 Å². The van der Waals surface area contributed by atoms with Crippen LogP contribution in [-0.4, -0.2) is 24.3 Å². The third kappa shape index (κ3) is 6.37. The Morgan fingerprint density at radius 3 is 2.56 bits per heavy atom. The standard InChI is InChI=1S/C39H58O4/c1-25(2)26(3)8-9-27(4)33-14-15-34-32-13-12-30-23-31(18-20-38(30,5)35(32)19-21-39(33,34)6)43-37(41)17-11-28-10-16-36(42-7)29(22-28)24-40/h10-12,16-17,22,25-27,31-35,40H,8-9,13-15,18-21,23-24H2,1-7H3. The van der Waals surface area contributed by atoms with Crippen molar-refractivity contribution in [2.24, 2.45) is 52.3 Å². The van der Waals surface area contributed by atoms with E-state index < -0.39 is 0 Å². The van der Waals surface area contributed by atoms with E-state index in [4.69, 9.17) is 9.47 Å². The molecule has 4 aliphatic carbocycles. The number of carbonyl (C=O) groups is 1. The molecule has 3 fully saturated rings. The second kappa shape index (κ2) is 13.1. The Labute approximate surface area is 261 Å². The number of rotatable bonds is 10. The van der Waals surface area contributed by atoms with Crippen LogP contribution in [0.25, 0.3) is 6.08 Å². The lowest BCUT2D eigenvalue weighted by Gasteiger charge is -2.58. The number of hydrogen-bond acceptors (Lipinski definition) is 4. The van der Waals surface area contributed by atoms with E-state index >= 15 is 0 Å². The lowest BCUT2D eigenvalue weighted by atomic mass is 9.47. The number of aliphatic hydroxyl groups excluding tert-OH is 1. The Morgan fingerprint density at radius 1 is 1.05 bits per heavy atom. The molecule has 0 bridgehead atoms. The monoisotopic (exact) mass is 590 g/mol. The highest BCUT2D eigenvalue weighted by Gasteiger charge is 2.59. The van der Waals surface area contributed by atoms with Crippen molar-refractivity contribution < 1.29 is 19.4 Å². The van der Waals surface area contributed by atoms with Crippen LogP contribution in [-0.2, 0) is 16.1 Å². The first-order valence-corrected chi connectivity index (χ1v) is 17.4. The molecule has 0 amide bonds. The minimum absolute atomic E-state index is 0.0457. The van der Waals surface area contributed by atoms with Crippen molar-refractivity contribution in [3.8, 4) is 5.75 Å². The van der Waals surface area contributed by atoms with Gasteiger partial charge in [0.1, 0.15) is 11.9 Å². The molecule has 1 aromatic rings. The summed E-state index contributed by atoms with van der Waals surface area (Å²) in [7, 11) is 1.59. The van der Waals surface area contributed by atoms with E-state index in [1.807, 2.05) is 18.2 Å². The molecule has 0 radical (unpaired) electrons. The summed E-state index contributed by atoms with van der Waals surface area (Å²) < 4.78 is 11.3. The van der Waals surface area contributed by atoms with Gasteiger partial charge >= 0.3 is 5.97 Å². The number of methoxy groups -OCH3 is 1. The van der Waals surface area contributed by atoms with E-state index in [1.54, 1.807) is 18.8 Å². The number of fused-ring (bicyclic) bond motifs is 5. The smallest absolute Gasteiger partial charge is 0.331 e. The van der Waals surface area contributed by atoms with Crippen molar-refractivity contribution in [3.63, 3.8) is 0 Å². The third-order valence-corrected chi connectivity index (χ3v) is 13.2. The molecule has 0 heterocycles. The van der Waals surface area contributed by atoms with Crippen LogP contribution in [0, 0.1) is 52.3 Å². The minimum Gasteiger partial charge on any atom is -0.496 e. The molecule has 0 spiro atoms. The molecule has 238 valence electrons. The number of ether oxygens (including phenoxy) is 2. The molecule has 0 aliphatic heterocycles. The summed E-state index contributed by atoms with van der Waals surface area (Å²) >= 11 is 0. The summed E-state index contributed by atoms with van der Waals surface area (Å²) in [5.74, 6) is 6.13. The van der Waals surface area contributed by atoms with E-state index in [0.717, 1.165) is 66.3 Å². The average Bonchev–Trinajstić information content (AvgIpc) is 3.35. The molecule has 1 N–H and O–H groups in total. The fraction of sp³-hybridized carbons (Fsp3) is 0.718. The molecule has 3 saturated carbocycles. The van der Waals surface area contributed by atoms with Gasteiger partial charge in [0.15, 0.2) is 0 Å². The van der Waals surface area contributed by atoms with Crippen molar-refractivity contribution in [2.45, 2.75) is 118 Å². The van der Waals surface area contributed by atoms with Crippen molar-refractivity contribution in [1.29, 1.82) is 0 Å². The lowest BCUT2D eigenvalue weighted by molar-refractivity contribution is -0.145. The largest absolute Gasteiger partial charge is 0.496 e. The number of carbonyl (C=O) groups excluding carboxylic acids is 1. The second-order valence-corrected chi connectivity index (χ2v) is 15.6. The van der Waals surface area contributed by atoms with Crippen molar-refractivity contribution in [2.75, 3.05) is 7.11 Å². The normalized spacial score (nSPS) is 35.1. The van der Waals surface area contributed by atoms with Gasteiger partial charge < -0.3 is 14.6 Å². The third-order valence-electron chi connectivity index (χ3n) is 13.2. The summed E-state index contributed by atoms with van der Waals surface area (Å²) in [6.07, 6.45) is 18.4. The number of aliphatic hydroxyl groups is 1. The molecular weight excluding hydrogens is 532 g/mol. The summed E-state index contributed by atoms with van der Waals surface area (Å²) in [5.41, 5.74) is 3.86. The molecule has 9 atom stereocenters. The van der Waals surface area contributed by atoms with Crippen molar-refractivity contribution >= 4 is 12.0 Å². The van der Waals surface area contributed by atoms with Gasteiger partial charge in [0.25, 0.3) is 0 Å². The fourth-order valence-electron chi connectivity index (χ4n) is 10.2. The van der Waals surface area contributed by atoms with E-state index in [2.05, 4.69) is 47.6 Å². The molecule has 0 aromatic heterocycles. The van der Waals surface area contributed by atoms with Crippen LogP contribution in [0.4, 0.5) is 0 Å². The molecule has 9 unspecified atom stereocenters. The quantitative estimate of drug-likeness (QED) is 0.168. The molecule has 0 saturated heterocycles. The molecule has 43 heavy (non-hydrogen) atoms. The van der Waals surface area contributed by atoms with Crippen LogP contribution in [0.5, 0.6) is 5.75 Å². The highest BCUT2D eigenvalue weighted by atomic mass is 16.5. The van der Waals surface area contributed by atoms with E-state index in [1.165, 1.54) is 51.0 Å². The van der Waals surface area contributed by atoms with Crippen LogP contribution >= 0.6 is 0 Å². The Morgan fingerprint density at radius 2 is 1.84 bits per heavy atom. The number of hydrogen-bond donors (Lipinski definition) is 1. The van der Waals surface area contributed by atoms with Gasteiger partial charge in [-0.15, -0.1) is 0 Å². The summed E-state index contributed by atoms with van der Waals surface area (Å²) in [5, 5.41) is 9.60. The minimum atomic E-state index is -0.286. The maximum Gasteiger partial charge on any atom is 0.331 e. The second-order valence-electron chi connectivity index (χ2n) is 15.6. The first kappa shape index (κ1) is 32.3. The van der Waals surface area contributed by atoms with E-state index in [0.29, 0.717) is 16.7 Å². The zero-order valence-electron chi connectivity index (χ0n) is 28.0. The molecule has 4 aliphatic rings. The van der Waals surface area contributed by atoms with Gasteiger partial charge in [-0.05, 0) is 121 Å². The van der Waals surface area contributed by atoms with E-state index in [9.17, 15) is 9.90 Å². The maximum absolute atomic E-state index is 12.8. The van der Waals surface area contributed by atoms with Crippen molar-refractivity contribution in [3.05, 3.63) is 47.1 Å². The summed E-state index contributed by atoms with van der Waals surface area (Å²) in [6, 6.07) is 5.54. The Bertz CT molecular complexity index is 1200. The molecule has 4 nitrogen and oxygen atoms in total. The van der Waals surface area contributed by atoms with Crippen LogP contribution in [0.15, 0.2) is 35.9 Å². The van der Waals surface area contributed by atoms with Crippen LogP contribution in [0.2, 0.25) is 0 Å². The van der Waals surface area contributed by atoms with Gasteiger partial charge in [-0.1, -0.05) is 72.1 Å². The Kier molecular flexibility index (Phi) is 9.86. The van der Waals surface area contributed by atoms with Crippen LogP contribution < -0.4 is 4.74 Å². The Balaban J connectivity index is 1.20. The topological polar surface area (TPSA) is 55.8 Å². The number of allylic oxidation sites excluding steroid dienone is 1. The first-order chi connectivity index (χ1) is 20.5. The summed E-state index contributed by atoms with van der Waals surface area (Å²) in [4.78, 5) is 12.8. The molecular formula is C39H58O4. The zero-order chi connectivity index (χ0) is 30.9. The number of esters is 1. The molecule has 1 aromatic carbocycles. The fourth-order valence-corrected chi connectivity index (χ4v) is 10.2. The van der Waals surface area contributed by atoms with Crippen LogP contribution in [0.1, 0.15) is 117 Å².